The van der Waals surface area contributed by atoms with Crippen LogP contribution in [0.1, 0.15) is 36.0 Å². The molecule has 4 rings (SSSR count). The zero-order valence-corrected chi connectivity index (χ0v) is 17.7. The fourth-order valence-corrected chi connectivity index (χ4v) is 4.22. The molecule has 8 nitrogen and oxygen atoms in total. The van der Waals surface area contributed by atoms with Crippen LogP contribution < -0.4 is 11.0 Å². The molecule has 30 heavy (non-hydrogen) atoms. The van der Waals surface area contributed by atoms with Crippen LogP contribution in [0.3, 0.4) is 0 Å². The number of hydrogen-bond acceptors (Lipinski definition) is 4. The summed E-state index contributed by atoms with van der Waals surface area (Å²) in [6, 6.07) is 6.10. The van der Waals surface area contributed by atoms with E-state index in [4.69, 9.17) is 0 Å². The molecule has 0 spiro atoms. The molecule has 0 bridgehead atoms. The summed E-state index contributed by atoms with van der Waals surface area (Å²) in [6.45, 7) is 7.73. The molecule has 0 aliphatic carbocycles. The molecule has 3 heterocycles. The van der Waals surface area contributed by atoms with Crippen LogP contribution in [0.15, 0.2) is 23.0 Å². The smallest absolute Gasteiger partial charge is 0.351 e. The first-order valence-electron chi connectivity index (χ1n) is 10.4. The highest BCUT2D eigenvalue weighted by molar-refractivity contribution is 5.87. The number of pyridine rings is 1. The molecule has 0 atom stereocenters. The highest BCUT2D eigenvalue weighted by Gasteiger charge is 2.19. The van der Waals surface area contributed by atoms with E-state index in [9.17, 15) is 14.4 Å². The Labute approximate surface area is 174 Å². The molecular formula is C22H27N5O3. The average Bonchev–Trinajstić information content (AvgIpc) is 3.24. The largest absolute Gasteiger partial charge is 0.354 e. The van der Waals surface area contributed by atoms with Gasteiger partial charge < -0.3 is 10.2 Å². The summed E-state index contributed by atoms with van der Waals surface area (Å²) in [5, 5.41) is 8.25. The van der Waals surface area contributed by atoms with Crippen LogP contribution in [-0.4, -0.2) is 50.5 Å². The van der Waals surface area contributed by atoms with Crippen LogP contribution in [0.2, 0.25) is 0 Å². The van der Waals surface area contributed by atoms with Crippen molar-refractivity contribution >= 4 is 28.4 Å². The first kappa shape index (κ1) is 20.1. The van der Waals surface area contributed by atoms with Gasteiger partial charge in [-0.3, -0.25) is 9.59 Å². The van der Waals surface area contributed by atoms with Gasteiger partial charge in [0.15, 0.2) is 5.65 Å². The lowest BCUT2D eigenvalue weighted by molar-refractivity contribution is -0.127. The predicted octanol–water partition coefficient (Wildman–Crippen LogP) is 1.70. The van der Waals surface area contributed by atoms with Crippen molar-refractivity contribution in [2.45, 2.75) is 46.6 Å². The van der Waals surface area contributed by atoms with E-state index < -0.39 is 0 Å². The van der Waals surface area contributed by atoms with E-state index in [2.05, 4.69) is 16.5 Å². The number of rotatable bonds is 6. The number of carbonyl (C=O) groups excluding carboxylic acids is 2. The van der Waals surface area contributed by atoms with Gasteiger partial charge in [0, 0.05) is 31.4 Å². The second-order valence-electron chi connectivity index (χ2n) is 8.13. The Morgan fingerprint density at radius 1 is 1.13 bits per heavy atom. The normalized spacial score (nSPS) is 14.2. The Balaban J connectivity index is 1.50. The van der Waals surface area contributed by atoms with E-state index in [0.717, 1.165) is 40.6 Å². The van der Waals surface area contributed by atoms with Gasteiger partial charge in [-0.05, 0) is 62.4 Å². The molecule has 1 N–H and O–H groups in total. The molecule has 1 fully saturated rings. The number of aromatic nitrogens is 3. The first-order chi connectivity index (χ1) is 14.3. The van der Waals surface area contributed by atoms with Crippen molar-refractivity contribution in [3.05, 3.63) is 45.4 Å². The molecule has 0 radical (unpaired) electrons. The van der Waals surface area contributed by atoms with Gasteiger partial charge in [-0.25, -0.2) is 13.9 Å². The monoisotopic (exact) mass is 409 g/mol. The molecule has 2 amide bonds. The lowest BCUT2D eigenvalue weighted by Crippen LogP contribution is -2.35. The van der Waals surface area contributed by atoms with Crippen molar-refractivity contribution in [3.63, 3.8) is 0 Å². The van der Waals surface area contributed by atoms with Crippen LogP contribution in [0.25, 0.3) is 16.6 Å². The van der Waals surface area contributed by atoms with Crippen molar-refractivity contribution in [2.24, 2.45) is 0 Å². The lowest BCUT2D eigenvalue weighted by atomic mass is 10.0. The van der Waals surface area contributed by atoms with E-state index in [-0.39, 0.29) is 24.0 Å². The fraction of sp³-hybridized carbons (Fsp3) is 0.455. The Kier molecular flexibility index (Phi) is 5.32. The molecule has 1 aliphatic heterocycles. The number of amides is 2. The predicted molar refractivity (Wildman–Crippen MR) is 115 cm³/mol. The van der Waals surface area contributed by atoms with Gasteiger partial charge in [-0.1, -0.05) is 6.07 Å². The number of carbonyl (C=O) groups is 2. The molecular weight excluding hydrogens is 382 g/mol. The maximum absolute atomic E-state index is 13.0. The lowest BCUT2D eigenvalue weighted by Gasteiger charge is -2.15. The highest BCUT2D eigenvalue weighted by Crippen LogP contribution is 2.23. The molecule has 1 aliphatic rings. The van der Waals surface area contributed by atoms with Gasteiger partial charge in [-0.15, -0.1) is 5.10 Å². The number of nitrogens with zero attached hydrogens (tertiary/aromatic N) is 4. The van der Waals surface area contributed by atoms with Gasteiger partial charge in [0.2, 0.25) is 11.8 Å². The number of likely N-dealkylation sites (tertiary alicyclic amines) is 1. The molecule has 3 aromatic rings. The zero-order chi connectivity index (χ0) is 21.4. The van der Waals surface area contributed by atoms with Gasteiger partial charge >= 0.3 is 5.69 Å². The zero-order valence-electron chi connectivity index (χ0n) is 17.7. The minimum Gasteiger partial charge on any atom is -0.354 e. The topological polar surface area (TPSA) is 88.7 Å². The second kappa shape index (κ2) is 7.93. The molecule has 158 valence electrons. The molecule has 0 saturated carbocycles. The SMILES string of the molecule is Cc1cc(C)c2cc(C)c3nn(CC(=O)NCCCN4CCCC4=O)c(=O)n3c2c1. The molecule has 1 aromatic carbocycles. The van der Waals surface area contributed by atoms with E-state index in [0.29, 0.717) is 31.6 Å². The van der Waals surface area contributed by atoms with E-state index in [1.54, 1.807) is 4.40 Å². The Morgan fingerprint density at radius 2 is 1.93 bits per heavy atom. The summed E-state index contributed by atoms with van der Waals surface area (Å²) in [6.07, 6.45) is 2.23. The van der Waals surface area contributed by atoms with Crippen molar-refractivity contribution < 1.29 is 9.59 Å². The summed E-state index contributed by atoms with van der Waals surface area (Å²) in [7, 11) is 0. The van der Waals surface area contributed by atoms with Crippen molar-refractivity contribution in [1.82, 2.24) is 24.4 Å². The molecule has 2 aromatic heterocycles. The van der Waals surface area contributed by atoms with Crippen molar-refractivity contribution in [1.29, 1.82) is 0 Å². The van der Waals surface area contributed by atoms with E-state index >= 15 is 0 Å². The van der Waals surface area contributed by atoms with Crippen molar-refractivity contribution in [3.8, 4) is 0 Å². The number of fused-ring (bicyclic) bond motifs is 3. The third-order valence-corrected chi connectivity index (χ3v) is 5.69. The molecule has 1 saturated heterocycles. The fourth-order valence-electron chi connectivity index (χ4n) is 4.22. The highest BCUT2D eigenvalue weighted by atomic mass is 16.2. The summed E-state index contributed by atoms with van der Waals surface area (Å²) in [4.78, 5) is 38.8. The van der Waals surface area contributed by atoms with Gasteiger partial charge in [0.05, 0.1) is 5.52 Å². The van der Waals surface area contributed by atoms with Gasteiger partial charge in [0.25, 0.3) is 0 Å². The maximum atomic E-state index is 13.0. The summed E-state index contributed by atoms with van der Waals surface area (Å²) in [5.74, 6) is -0.0757. The standard InChI is InChI=1S/C22H27N5O3/c1-14-10-15(2)17-12-16(3)21-24-26(22(30)27(21)18(17)11-14)13-19(28)23-7-5-9-25-8-4-6-20(25)29/h10-12H,4-9,13H2,1-3H3,(H,23,28). The minimum atomic E-state index is -0.318. The molecule has 0 unspecified atom stereocenters. The summed E-state index contributed by atoms with van der Waals surface area (Å²) in [5.41, 5.74) is 4.11. The number of nitrogens with one attached hydrogen (secondary N) is 1. The first-order valence-corrected chi connectivity index (χ1v) is 10.4. The Bertz CT molecular complexity index is 1210. The Hall–Kier alpha value is -3.16. The average molecular weight is 409 g/mol. The summed E-state index contributed by atoms with van der Waals surface area (Å²) < 4.78 is 2.82. The number of hydrogen-bond donors (Lipinski definition) is 1. The number of benzene rings is 1. The maximum Gasteiger partial charge on any atom is 0.351 e. The van der Waals surface area contributed by atoms with Crippen LogP contribution in [0.5, 0.6) is 0 Å². The third-order valence-electron chi connectivity index (χ3n) is 5.69. The third kappa shape index (κ3) is 3.69. The van der Waals surface area contributed by atoms with Crippen molar-refractivity contribution in [2.75, 3.05) is 19.6 Å². The van der Waals surface area contributed by atoms with Crippen LogP contribution in [0, 0.1) is 20.8 Å². The summed E-state index contributed by atoms with van der Waals surface area (Å²) >= 11 is 0. The van der Waals surface area contributed by atoms with Gasteiger partial charge in [-0.2, -0.15) is 0 Å². The van der Waals surface area contributed by atoms with E-state index in [1.807, 2.05) is 37.8 Å². The second-order valence-corrected chi connectivity index (χ2v) is 8.13. The van der Waals surface area contributed by atoms with E-state index in [1.165, 1.54) is 4.68 Å². The Morgan fingerprint density at radius 3 is 2.67 bits per heavy atom. The number of aryl methyl sites for hydroxylation is 3. The quantitative estimate of drug-likeness (QED) is 0.628. The van der Waals surface area contributed by atoms with Gasteiger partial charge in [0.1, 0.15) is 6.54 Å². The van der Waals surface area contributed by atoms with Crippen LogP contribution in [0.4, 0.5) is 0 Å². The molecule has 8 heteroatoms. The van der Waals surface area contributed by atoms with Crippen LogP contribution in [-0.2, 0) is 16.1 Å². The minimum absolute atomic E-state index is 0.130. The van der Waals surface area contributed by atoms with Crippen LogP contribution >= 0.6 is 0 Å².